The summed E-state index contributed by atoms with van der Waals surface area (Å²) in [6.07, 6.45) is 6.34. The molecule has 1 aromatic carbocycles. The highest BCUT2D eigenvalue weighted by molar-refractivity contribution is 7.80. The van der Waals surface area contributed by atoms with Crippen molar-refractivity contribution in [3.63, 3.8) is 0 Å². The smallest absolute Gasteiger partial charge is 0.106 e. The van der Waals surface area contributed by atoms with Crippen molar-refractivity contribution in [1.29, 1.82) is 0 Å². The van der Waals surface area contributed by atoms with Crippen LogP contribution in [0.25, 0.3) is 5.69 Å². The van der Waals surface area contributed by atoms with Gasteiger partial charge in [-0.05, 0) is 43.9 Å². The van der Waals surface area contributed by atoms with Crippen LogP contribution in [0.1, 0.15) is 29.8 Å². The van der Waals surface area contributed by atoms with Gasteiger partial charge in [-0.1, -0.05) is 23.8 Å². The van der Waals surface area contributed by atoms with Crippen LogP contribution in [0.2, 0.25) is 5.02 Å². The number of nitrogens with zero attached hydrogens (tertiary/aromatic N) is 2. The molecule has 2 N–H and O–H groups in total. The summed E-state index contributed by atoms with van der Waals surface area (Å²) in [5.41, 5.74) is 10.0. The van der Waals surface area contributed by atoms with Crippen molar-refractivity contribution in [2.45, 2.75) is 25.7 Å². The van der Waals surface area contributed by atoms with E-state index in [0.29, 0.717) is 10.0 Å². The Balaban J connectivity index is 2.19. The third-order valence-corrected chi connectivity index (χ3v) is 3.97. The summed E-state index contributed by atoms with van der Waals surface area (Å²) in [5.74, 6) is 0. The van der Waals surface area contributed by atoms with E-state index in [0.717, 1.165) is 24.1 Å². The van der Waals surface area contributed by atoms with E-state index in [1.807, 2.05) is 24.5 Å². The number of aryl methyl sites for hydroxylation is 1. The van der Waals surface area contributed by atoms with E-state index in [1.165, 1.54) is 24.2 Å². The molecular formula is C14H14ClN3S. The lowest BCUT2D eigenvalue weighted by atomic mass is 10.0. The third-order valence-electron chi connectivity index (χ3n) is 3.51. The van der Waals surface area contributed by atoms with Crippen LogP contribution in [0.15, 0.2) is 24.5 Å². The van der Waals surface area contributed by atoms with Gasteiger partial charge in [0, 0.05) is 16.3 Å². The predicted octanol–water partition coefficient (Wildman–Crippen LogP) is 3.04. The monoisotopic (exact) mass is 291 g/mol. The fourth-order valence-electron chi connectivity index (χ4n) is 2.59. The summed E-state index contributed by atoms with van der Waals surface area (Å²) < 4.78 is 2.08. The number of benzene rings is 1. The maximum absolute atomic E-state index is 6.10. The molecule has 0 saturated heterocycles. The van der Waals surface area contributed by atoms with Crippen LogP contribution in [0.5, 0.6) is 0 Å². The summed E-state index contributed by atoms with van der Waals surface area (Å²) in [5, 5.41) is 0.674. The number of halogens is 1. The van der Waals surface area contributed by atoms with Gasteiger partial charge in [-0.15, -0.1) is 0 Å². The van der Waals surface area contributed by atoms with Crippen LogP contribution in [0.4, 0.5) is 0 Å². The van der Waals surface area contributed by atoms with Crippen molar-refractivity contribution in [3.05, 3.63) is 46.5 Å². The number of imidazole rings is 1. The van der Waals surface area contributed by atoms with Gasteiger partial charge in [0.2, 0.25) is 0 Å². The Bertz CT molecular complexity index is 648. The fraction of sp³-hybridized carbons (Fsp3) is 0.286. The number of thiocarbonyl (C=S) groups is 1. The summed E-state index contributed by atoms with van der Waals surface area (Å²) >= 11 is 11.2. The zero-order valence-electron chi connectivity index (χ0n) is 10.4. The standard InChI is InChI=1S/C14H14ClN3S/c15-9-5-6-10(14(16)19)13(7-9)18-8-17-11-3-1-2-4-12(11)18/h5-8H,1-4H2,(H2,16,19). The van der Waals surface area contributed by atoms with Crippen LogP contribution < -0.4 is 5.73 Å². The van der Waals surface area contributed by atoms with Crippen molar-refractivity contribution in [2.75, 3.05) is 0 Å². The first-order chi connectivity index (χ1) is 9.16. The molecule has 3 rings (SSSR count). The summed E-state index contributed by atoms with van der Waals surface area (Å²) in [6.45, 7) is 0. The largest absolute Gasteiger partial charge is 0.389 e. The molecule has 0 saturated carbocycles. The Morgan fingerprint density at radius 3 is 2.89 bits per heavy atom. The van der Waals surface area contributed by atoms with E-state index in [4.69, 9.17) is 29.6 Å². The molecule has 0 spiro atoms. The molecular weight excluding hydrogens is 278 g/mol. The second-order valence-corrected chi connectivity index (χ2v) is 5.62. The van der Waals surface area contributed by atoms with Gasteiger partial charge in [-0.3, -0.25) is 0 Å². The van der Waals surface area contributed by atoms with Crippen molar-refractivity contribution in [2.24, 2.45) is 5.73 Å². The molecule has 1 aromatic heterocycles. The van der Waals surface area contributed by atoms with Gasteiger partial charge in [0.15, 0.2) is 0 Å². The molecule has 0 aliphatic heterocycles. The Hall–Kier alpha value is -1.39. The van der Waals surface area contributed by atoms with Gasteiger partial charge in [-0.2, -0.15) is 0 Å². The highest BCUT2D eigenvalue weighted by Crippen LogP contribution is 2.26. The van der Waals surface area contributed by atoms with Crippen LogP contribution in [-0.4, -0.2) is 14.5 Å². The van der Waals surface area contributed by atoms with Crippen LogP contribution in [-0.2, 0) is 12.8 Å². The van der Waals surface area contributed by atoms with E-state index in [1.54, 1.807) is 0 Å². The lowest BCUT2D eigenvalue weighted by Crippen LogP contribution is -2.15. The van der Waals surface area contributed by atoms with Crippen LogP contribution in [0, 0.1) is 0 Å². The summed E-state index contributed by atoms with van der Waals surface area (Å²) in [6, 6.07) is 5.57. The van der Waals surface area contributed by atoms with E-state index in [9.17, 15) is 0 Å². The van der Waals surface area contributed by atoms with E-state index in [-0.39, 0.29) is 0 Å². The Morgan fingerprint density at radius 2 is 2.11 bits per heavy atom. The van der Waals surface area contributed by atoms with Crippen LogP contribution >= 0.6 is 23.8 Å². The SMILES string of the molecule is NC(=S)c1ccc(Cl)cc1-n1cnc2c1CCCC2. The Kier molecular flexibility index (Phi) is 3.29. The molecule has 2 aromatic rings. The molecule has 1 heterocycles. The minimum atomic E-state index is 0.380. The van der Waals surface area contributed by atoms with Crippen molar-refractivity contribution in [3.8, 4) is 5.69 Å². The lowest BCUT2D eigenvalue weighted by Gasteiger charge is -2.16. The average molecular weight is 292 g/mol. The first-order valence-electron chi connectivity index (χ1n) is 6.31. The predicted molar refractivity (Wildman–Crippen MR) is 81.1 cm³/mol. The molecule has 0 fully saturated rings. The van der Waals surface area contributed by atoms with E-state index >= 15 is 0 Å². The molecule has 0 amide bonds. The van der Waals surface area contributed by atoms with Gasteiger partial charge < -0.3 is 10.3 Å². The minimum absolute atomic E-state index is 0.380. The third kappa shape index (κ3) is 2.26. The molecule has 1 aliphatic carbocycles. The molecule has 0 atom stereocenters. The quantitative estimate of drug-likeness (QED) is 0.865. The maximum atomic E-state index is 6.10. The highest BCUT2D eigenvalue weighted by atomic mass is 35.5. The molecule has 0 bridgehead atoms. The molecule has 0 unspecified atom stereocenters. The van der Waals surface area contributed by atoms with Crippen LogP contribution in [0.3, 0.4) is 0 Å². The van der Waals surface area contributed by atoms with Crippen molar-refractivity contribution >= 4 is 28.8 Å². The van der Waals surface area contributed by atoms with E-state index < -0.39 is 0 Å². The van der Waals surface area contributed by atoms with Gasteiger partial charge in [-0.25, -0.2) is 4.98 Å². The molecule has 5 heteroatoms. The average Bonchev–Trinajstić information content (AvgIpc) is 2.82. The maximum Gasteiger partial charge on any atom is 0.106 e. The Morgan fingerprint density at radius 1 is 1.32 bits per heavy atom. The van der Waals surface area contributed by atoms with Gasteiger partial charge in [0.05, 0.1) is 17.7 Å². The summed E-state index contributed by atoms with van der Waals surface area (Å²) in [7, 11) is 0. The number of fused-ring (bicyclic) bond motifs is 1. The molecule has 3 nitrogen and oxygen atoms in total. The number of hydrogen-bond acceptors (Lipinski definition) is 2. The first-order valence-corrected chi connectivity index (χ1v) is 7.10. The van der Waals surface area contributed by atoms with Gasteiger partial charge >= 0.3 is 0 Å². The highest BCUT2D eigenvalue weighted by Gasteiger charge is 2.18. The number of nitrogens with two attached hydrogens (primary N) is 1. The summed E-state index contributed by atoms with van der Waals surface area (Å²) in [4.78, 5) is 4.88. The molecule has 98 valence electrons. The van der Waals surface area contributed by atoms with Crippen molar-refractivity contribution in [1.82, 2.24) is 9.55 Å². The second-order valence-electron chi connectivity index (χ2n) is 4.74. The second kappa shape index (κ2) is 4.94. The molecule has 19 heavy (non-hydrogen) atoms. The number of rotatable bonds is 2. The Labute approximate surface area is 122 Å². The number of hydrogen-bond donors (Lipinski definition) is 1. The fourth-order valence-corrected chi connectivity index (χ4v) is 2.93. The molecule has 1 aliphatic rings. The zero-order valence-corrected chi connectivity index (χ0v) is 12.0. The van der Waals surface area contributed by atoms with E-state index in [2.05, 4.69) is 9.55 Å². The van der Waals surface area contributed by atoms with Crippen molar-refractivity contribution < 1.29 is 0 Å². The number of aromatic nitrogens is 2. The zero-order chi connectivity index (χ0) is 13.4. The topological polar surface area (TPSA) is 43.8 Å². The van der Waals surface area contributed by atoms with Gasteiger partial charge in [0.25, 0.3) is 0 Å². The lowest BCUT2D eigenvalue weighted by molar-refractivity contribution is 0.656. The molecule has 0 radical (unpaired) electrons. The normalized spacial score (nSPS) is 14.2. The minimum Gasteiger partial charge on any atom is -0.389 e. The first kappa shape index (κ1) is 12.6. The van der Waals surface area contributed by atoms with Gasteiger partial charge in [0.1, 0.15) is 4.99 Å².